The highest BCUT2D eigenvalue weighted by molar-refractivity contribution is 6.25. The van der Waals surface area contributed by atoms with Gasteiger partial charge in [0.2, 0.25) is 11.7 Å². The van der Waals surface area contributed by atoms with Crippen LogP contribution in [-0.4, -0.2) is 79.7 Å². The molecule has 0 spiro atoms. The molecule has 1 aromatic carbocycles. The number of aliphatic hydroxyl groups excluding tert-OH is 2. The molecular weight excluding hydrogens is 420 g/mol. The van der Waals surface area contributed by atoms with Crippen LogP contribution in [0.25, 0.3) is 5.76 Å². The summed E-state index contributed by atoms with van der Waals surface area (Å²) in [5, 5.41) is 55.0. The number of aromatic hydroxyl groups is 1. The van der Waals surface area contributed by atoms with Gasteiger partial charge in [0, 0.05) is 23.5 Å². The maximum absolute atomic E-state index is 13.7. The molecule has 3 unspecified atom stereocenters. The van der Waals surface area contributed by atoms with Gasteiger partial charge in [0.05, 0.1) is 17.3 Å². The number of carbonyl (C=O) groups excluding carboxylic acids is 3. The molecule has 1 amide bonds. The zero-order valence-electron chi connectivity index (χ0n) is 17.8. The van der Waals surface area contributed by atoms with Crippen molar-refractivity contribution in [2.75, 3.05) is 14.1 Å². The Kier molecular flexibility index (Phi) is 4.80. The molecular formula is C22H26N2O8. The van der Waals surface area contributed by atoms with Crippen LogP contribution in [0.2, 0.25) is 0 Å². The molecule has 3 aliphatic carbocycles. The lowest BCUT2D eigenvalue weighted by Crippen LogP contribution is -2.74. The van der Waals surface area contributed by atoms with Gasteiger partial charge in [-0.25, -0.2) is 0 Å². The maximum Gasteiger partial charge on any atom is 0.230 e. The summed E-state index contributed by atoms with van der Waals surface area (Å²) in [4.78, 5) is 40.3. The number of primary amides is 1. The summed E-state index contributed by atoms with van der Waals surface area (Å²) in [5.41, 5.74) is 0.420. The van der Waals surface area contributed by atoms with Gasteiger partial charge < -0.3 is 36.2 Å². The Morgan fingerprint density at radius 1 is 1.19 bits per heavy atom. The first-order valence-corrected chi connectivity index (χ1v) is 10.2. The van der Waals surface area contributed by atoms with Gasteiger partial charge in [-0.05, 0) is 39.1 Å². The number of phenolic OH excluding ortho intramolecular Hbond substituents is 1. The van der Waals surface area contributed by atoms with Crippen LogP contribution in [0, 0.1) is 17.8 Å². The zero-order chi connectivity index (χ0) is 23.9. The number of nitrogens with two attached hydrogens (primary N) is 1. The van der Waals surface area contributed by atoms with Crippen molar-refractivity contribution in [1.29, 1.82) is 0 Å². The summed E-state index contributed by atoms with van der Waals surface area (Å²) >= 11 is 0. The van der Waals surface area contributed by atoms with Crippen LogP contribution in [-0.2, 0) is 20.0 Å². The Balaban J connectivity index is 1.99. The number of carbonyl (C=O) groups is 3. The third-order valence-corrected chi connectivity index (χ3v) is 7.39. The van der Waals surface area contributed by atoms with Crippen molar-refractivity contribution in [1.82, 2.24) is 4.90 Å². The highest BCUT2D eigenvalue weighted by Gasteiger charge is 2.69. The van der Waals surface area contributed by atoms with Crippen LogP contribution in [0.4, 0.5) is 0 Å². The summed E-state index contributed by atoms with van der Waals surface area (Å²) in [6.45, 7) is 1.41. The van der Waals surface area contributed by atoms with Gasteiger partial charge in [-0.2, -0.15) is 0 Å². The smallest absolute Gasteiger partial charge is 0.230 e. The van der Waals surface area contributed by atoms with Crippen LogP contribution in [0.3, 0.4) is 0 Å². The Labute approximate surface area is 183 Å². The number of Topliss-reactive ketones (excluding diaryl/α,β-unsaturated/α-hetero) is 2. The van der Waals surface area contributed by atoms with Crippen LogP contribution < -0.4 is 5.73 Å². The van der Waals surface area contributed by atoms with Gasteiger partial charge >= 0.3 is 0 Å². The molecule has 0 heterocycles. The molecule has 10 nitrogen and oxygen atoms in total. The molecule has 1 aromatic rings. The Morgan fingerprint density at radius 3 is 2.38 bits per heavy atom. The molecule has 2 fully saturated rings. The van der Waals surface area contributed by atoms with Crippen LogP contribution in [0.1, 0.15) is 24.5 Å². The number of benzene rings is 1. The number of nitrogens with zero attached hydrogens (tertiary/aromatic N) is 1. The number of phenols is 1. The van der Waals surface area contributed by atoms with E-state index in [2.05, 4.69) is 0 Å². The van der Waals surface area contributed by atoms with Crippen molar-refractivity contribution in [2.24, 2.45) is 23.5 Å². The SMILES string of the molecule is CN(C)[C@@H]1C(O)C(C(N)=O)C(=O)[C@@]2(O)C(=O)C3=C(O)c4c(O)cccc4[C@@](C)(O)C3C[C@@H]12. The molecule has 0 aliphatic heterocycles. The van der Waals surface area contributed by atoms with E-state index in [1.165, 1.54) is 30.0 Å². The van der Waals surface area contributed by atoms with Crippen molar-refractivity contribution >= 4 is 23.2 Å². The third-order valence-electron chi connectivity index (χ3n) is 7.39. The monoisotopic (exact) mass is 446 g/mol. The van der Waals surface area contributed by atoms with Gasteiger partial charge in [-0.1, -0.05) is 12.1 Å². The Bertz CT molecular complexity index is 1080. The number of rotatable bonds is 2. The largest absolute Gasteiger partial charge is 0.507 e. The standard InChI is InChI=1S/C22H26N2O8/c1-21(31)8-5-4-6-11(25)12(8)16(26)13-9(21)7-10-15(24(2)3)17(27)14(20(23)30)19(29)22(10,32)18(13)28/h4-6,9-10,14-15,17,25-27,31-32H,7H2,1-3H3,(H2,23,30)/t9?,10-,14?,15-,17?,21+,22-/m0/s1. The van der Waals surface area contributed by atoms with Gasteiger partial charge in [0.1, 0.15) is 17.4 Å². The highest BCUT2D eigenvalue weighted by atomic mass is 16.3. The molecule has 3 aliphatic rings. The lowest BCUT2D eigenvalue weighted by atomic mass is 9.52. The molecule has 2 saturated carbocycles. The van der Waals surface area contributed by atoms with E-state index >= 15 is 0 Å². The number of hydrogen-bond donors (Lipinski definition) is 6. The molecule has 4 rings (SSSR count). The normalized spacial score (nSPS) is 38.9. The van der Waals surface area contributed by atoms with Gasteiger partial charge in [-0.15, -0.1) is 0 Å². The highest BCUT2D eigenvalue weighted by Crippen LogP contribution is 2.56. The summed E-state index contributed by atoms with van der Waals surface area (Å²) in [5.74, 6) is -8.74. The number of likely N-dealkylation sites (N-methyl/N-ethyl adjacent to an activating group) is 1. The molecule has 7 N–H and O–H groups in total. The number of aliphatic hydroxyl groups is 4. The molecule has 32 heavy (non-hydrogen) atoms. The van der Waals surface area contributed by atoms with Gasteiger partial charge in [0.15, 0.2) is 11.4 Å². The number of fused-ring (bicyclic) bond motifs is 3. The minimum absolute atomic E-state index is 0.166. The number of ketones is 2. The van der Waals surface area contributed by atoms with E-state index in [4.69, 9.17) is 5.73 Å². The predicted octanol–water partition coefficient (Wildman–Crippen LogP) is -1.21. The van der Waals surface area contributed by atoms with E-state index < -0.39 is 69.9 Å². The van der Waals surface area contributed by atoms with Crippen molar-refractivity contribution < 1.29 is 39.9 Å². The summed E-state index contributed by atoms with van der Waals surface area (Å²) in [6, 6.07) is 3.23. The van der Waals surface area contributed by atoms with Crippen LogP contribution in [0.5, 0.6) is 5.75 Å². The van der Waals surface area contributed by atoms with Gasteiger partial charge in [-0.3, -0.25) is 14.4 Å². The lowest BCUT2D eigenvalue weighted by Gasteiger charge is -2.55. The van der Waals surface area contributed by atoms with E-state index in [0.29, 0.717) is 0 Å². The summed E-state index contributed by atoms with van der Waals surface area (Å²) < 4.78 is 0. The number of hydrogen-bond acceptors (Lipinski definition) is 9. The lowest BCUT2D eigenvalue weighted by molar-refractivity contribution is -0.188. The van der Waals surface area contributed by atoms with E-state index in [-0.39, 0.29) is 23.3 Å². The first-order chi connectivity index (χ1) is 14.8. The van der Waals surface area contributed by atoms with Crippen molar-refractivity contribution in [2.45, 2.75) is 36.7 Å². The van der Waals surface area contributed by atoms with Crippen LogP contribution >= 0.6 is 0 Å². The van der Waals surface area contributed by atoms with Gasteiger partial charge in [0.25, 0.3) is 0 Å². The molecule has 0 bridgehead atoms. The van der Waals surface area contributed by atoms with E-state index in [1.54, 1.807) is 14.1 Å². The second kappa shape index (κ2) is 6.85. The molecule has 7 atom stereocenters. The minimum Gasteiger partial charge on any atom is -0.507 e. The minimum atomic E-state index is -2.76. The fourth-order valence-corrected chi connectivity index (χ4v) is 5.86. The maximum atomic E-state index is 13.7. The summed E-state index contributed by atoms with van der Waals surface area (Å²) in [6.07, 6.45) is -1.75. The van der Waals surface area contributed by atoms with Crippen LogP contribution in [0.15, 0.2) is 23.8 Å². The first kappa shape index (κ1) is 22.4. The molecule has 10 heteroatoms. The van der Waals surface area contributed by atoms with E-state index in [1.807, 2.05) is 0 Å². The molecule has 172 valence electrons. The molecule has 0 aromatic heterocycles. The Morgan fingerprint density at radius 2 is 1.81 bits per heavy atom. The molecule has 0 radical (unpaired) electrons. The third kappa shape index (κ3) is 2.57. The van der Waals surface area contributed by atoms with E-state index in [0.717, 1.165) is 0 Å². The zero-order valence-corrected chi connectivity index (χ0v) is 17.8. The fraction of sp³-hybridized carbons (Fsp3) is 0.500. The first-order valence-electron chi connectivity index (χ1n) is 10.2. The topological polar surface area (TPSA) is 182 Å². The fourth-order valence-electron chi connectivity index (χ4n) is 5.86. The van der Waals surface area contributed by atoms with Crippen molar-refractivity contribution in [3.05, 3.63) is 34.9 Å². The summed E-state index contributed by atoms with van der Waals surface area (Å²) in [7, 11) is 3.11. The average molecular weight is 446 g/mol. The quantitative estimate of drug-likeness (QED) is 0.304. The molecule has 0 saturated heterocycles. The second-order valence-corrected chi connectivity index (χ2v) is 9.29. The number of amides is 1. The average Bonchev–Trinajstić information content (AvgIpc) is 2.68. The van der Waals surface area contributed by atoms with Crippen molar-refractivity contribution in [3.8, 4) is 5.75 Å². The second-order valence-electron chi connectivity index (χ2n) is 9.29. The Hall–Kier alpha value is -2.79. The predicted molar refractivity (Wildman–Crippen MR) is 110 cm³/mol. The van der Waals surface area contributed by atoms with E-state index in [9.17, 15) is 39.9 Å². The van der Waals surface area contributed by atoms with Crippen molar-refractivity contribution in [3.63, 3.8) is 0 Å².